The molecule has 0 amide bonds. The molecule has 0 radical (unpaired) electrons. The summed E-state index contributed by atoms with van der Waals surface area (Å²) in [4.78, 5) is 10.8. The van der Waals surface area contributed by atoms with Crippen LogP contribution in [0.4, 0.5) is 5.69 Å². The van der Waals surface area contributed by atoms with Crippen LogP contribution in [-0.2, 0) is 4.79 Å². The maximum absolute atomic E-state index is 10.8. The predicted octanol–water partition coefficient (Wildman–Crippen LogP) is 2.13. The molecule has 1 atom stereocenters. The average molecular weight is 223 g/mol. The summed E-state index contributed by atoms with van der Waals surface area (Å²) in [6.07, 6.45) is -0.399. The first kappa shape index (κ1) is 12.4. The van der Waals surface area contributed by atoms with Gasteiger partial charge in [-0.2, -0.15) is 0 Å². The van der Waals surface area contributed by atoms with E-state index in [9.17, 15) is 4.79 Å². The molecule has 1 unspecified atom stereocenters. The largest absolute Gasteiger partial charge is 0.479 e. The summed E-state index contributed by atoms with van der Waals surface area (Å²) in [5.41, 5.74) is 8.23. The normalized spacial score (nSPS) is 12.2. The molecule has 0 bridgehead atoms. The van der Waals surface area contributed by atoms with E-state index in [1.54, 1.807) is 13.0 Å². The summed E-state index contributed by atoms with van der Waals surface area (Å²) in [6.45, 7) is 5.54. The molecule has 0 spiro atoms. The summed E-state index contributed by atoms with van der Waals surface area (Å²) >= 11 is 0. The third-order valence-corrected chi connectivity index (χ3v) is 2.48. The summed E-state index contributed by atoms with van der Waals surface area (Å²) in [5, 5.41) is 8.89. The number of aliphatic carboxylic acids is 1. The van der Waals surface area contributed by atoms with Crippen LogP contribution in [0.5, 0.6) is 5.75 Å². The fourth-order valence-corrected chi connectivity index (χ4v) is 1.44. The number of nitrogens with two attached hydrogens (primary N) is 1. The van der Waals surface area contributed by atoms with Crippen molar-refractivity contribution < 1.29 is 14.6 Å². The smallest absolute Gasteiger partial charge is 0.344 e. The van der Waals surface area contributed by atoms with Crippen molar-refractivity contribution in [2.24, 2.45) is 0 Å². The van der Waals surface area contributed by atoms with Crippen molar-refractivity contribution in [3.8, 4) is 5.75 Å². The zero-order chi connectivity index (χ0) is 12.3. The highest BCUT2D eigenvalue weighted by atomic mass is 16.5. The molecule has 1 aromatic carbocycles. The molecule has 1 aromatic rings. The van der Waals surface area contributed by atoms with Crippen LogP contribution in [0.2, 0.25) is 0 Å². The van der Waals surface area contributed by atoms with Crippen LogP contribution in [0.15, 0.2) is 12.1 Å². The Labute approximate surface area is 95.0 Å². The van der Waals surface area contributed by atoms with Gasteiger partial charge in [-0.1, -0.05) is 13.0 Å². The van der Waals surface area contributed by atoms with E-state index < -0.39 is 12.1 Å². The molecule has 3 N–H and O–H groups in total. The minimum Gasteiger partial charge on any atom is -0.479 e. The molecule has 0 aromatic heterocycles. The maximum atomic E-state index is 10.8. The van der Waals surface area contributed by atoms with Gasteiger partial charge in [0.05, 0.1) is 0 Å². The lowest BCUT2D eigenvalue weighted by Crippen LogP contribution is -2.26. The van der Waals surface area contributed by atoms with Crippen LogP contribution < -0.4 is 10.5 Å². The van der Waals surface area contributed by atoms with Crippen molar-refractivity contribution in [2.75, 3.05) is 5.73 Å². The molecule has 4 nitrogen and oxygen atoms in total. The third-order valence-electron chi connectivity index (χ3n) is 2.48. The van der Waals surface area contributed by atoms with Gasteiger partial charge in [0.2, 0.25) is 0 Å². The van der Waals surface area contributed by atoms with Crippen molar-refractivity contribution in [1.29, 1.82) is 0 Å². The van der Waals surface area contributed by atoms with E-state index in [-0.39, 0.29) is 0 Å². The molecule has 88 valence electrons. The average Bonchev–Trinajstić information content (AvgIpc) is 2.21. The van der Waals surface area contributed by atoms with Gasteiger partial charge in [-0.15, -0.1) is 0 Å². The van der Waals surface area contributed by atoms with Crippen molar-refractivity contribution >= 4 is 11.7 Å². The van der Waals surface area contributed by atoms with Gasteiger partial charge in [-0.25, -0.2) is 4.79 Å². The molecule has 0 aliphatic rings. The number of anilines is 1. The molecule has 4 heteroatoms. The second kappa shape index (κ2) is 4.88. The summed E-state index contributed by atoms with van der Waals surface area (Å²) in [7, 11) is 0. The number of rotatable bonds is 4. The number of benzene rings is 1. The first-order valence-corrected chi connectivity index (χ1v) is 5.21. The van der Waals surface area contributed by atoms with Gasteiger partial charge in [-0.3, -0.25) is 0 Å². The second-order valence-electron chi connectivity index (χ2n) is 3.83. The molecule has 0 saturated carbocycles. The number of nitrogen functional groups attached to an aromatic ring is 1. The lowest BCUT2D eigenvalue weighted by atomic mass is 10.1. The number of aryl methyl sites for hydroxylation is 2. The van der Waals surface area contributed by atoms with Crippen LogP contribution >= 0.6 is 0 Å². The van der Waals surface area contributed by atoms with Crippen molar-refractivity contribution in [3.05, 3.63) is 23.3 Å². The SMILES string of the molecule is CCC(Oc1cc(N)c(C)cc1C)C(=O)O. The number of hydrogen-bond donors (Lipinski definition) is 2. The van der Waals surface area contributed by atoms with Gasteiger partial charge in [-0.05, 0) is 31.4 Å². The van der Waals surface area contributed by atoms with Gasteiger partial charge >= 0.3 is 5.97 Å². The van der Waals surface area contributed by atoms with Crippen LogP contribution in [0.3, 0.4) is 0 Å². The van der Waals surface area contributed by atoms with Gasteiger partial charge in [0.25, 0.3) is 0 Å². The number of carboxylic acid groups (broad SMARTS) is 1. The Bertz CT molecular complexity index is 401. The molecule has 0 aliphatic carbocycles. The quantitative estimate of drug-likeness (QED) is 0.767. The van der Waals surface area contributed by atoms with E-state index in [1.807, 2.05) is 19.9 Å². The van der Waals surface area contributed by atoms with Crippen LogP contribution in [0.25, 0.3) is 0 Å². The molecule has 1 rings (SSSR count). The van der Waals surface area contributed by atoms with Gasteiger partial charge in [0.1, 0.15) is 5.75 Å². The fraction of sp³-hybridized carbons (Fsp3) is 0.417. The molecular weight excluding hydrogens is 206 g/mol. The molecule has 0 heterocycles. The van der Waals surface area contributed by atoms with E-state index in [0.717, 1.165) is 11.1 Å². The van der Waals surface area contributed by atoms with Crippen LogP contribution in [0, 0.1) is 13.8 Å². The van der Waals surface area contributed by atoms with Gasteiger partial charge < -0.3 is 15.6 Å². The predicted molar refractivity (Wildman–Crippen MR) is 62.7 cm³/mol. The number of ether oxygens (including phenoxy) is 1. The zero-order valence-electron chi connectivity index (χ0n) is 9.78. The maximum Gasteiger partial charge on any atom is 0.344 e. The van der Waals surface area contributed by atoms with Gasteiger partial charge in [0.15, 0.2) is 6.10 Å². The molecule has 0 aliphatic heterocycles. The molecule has 0 saturated heterocycles. The zero-order valence-corrected chi connectivity index (χ0v) is 9.78. The van der Waals surface area contributed by atoms with Crippen LogP contribution in [-0.4, -0.2) is 17.2 Å². The topological polar surface area (TPSA) is 72.5 Å². The summed E-state index contributed by atoms with van der Waals surface area (Å²) in [5.74, 6) is -0.418. The van der Waals surface area contributed by atoms with E-state index in [0.29, 0.717) is 17.9 Å². The molecular formula is C12H17NO3. The van der Waals surface area contributed by atoms with E-state index in [4.69, 9.17) is 15.6 Å². The highest BCUT2D eigenvalue weighted by Crippen LogP contribution is 2.25. The standard InChI is InChI=1S/C12H17NO3/c1-4-10(12(14)15)16-11-6-9(13)7(2)5-8(11)3/h5-6,10H,4,13H2,1-3H3,(H,14,15). The van der Waals surface area contributed by atoms with Crippen molar-refractivity contribution in [3.63, 3.8) is 0 Å². The lowest BCUT2D eigenvalue weighted by Gasteiger charge is -2.16. The van der Waals surface area contributed by atoms with E-state index in [1.165, 1.54) is 0 Å². The Kier molecular flexibility index (Phi) is 3.77. The second-order valence-corrected chi connectivity index (χ2v) is 3.83. The summed E-state index contributed by atoms with van der Waals surface area (Å²) in [6, 6.07) is 3.56. The van der Waals surface area contributed by atoms with Crippen molar-refractivity contribution in [1.82, 2.24) is 0 Å². The minimum atomic E-state index is -0.957. The Morgan fingerprint density at radius 1 is 1.44 bits per heavy atom. The number of carboxylic acids is 1. The Morgan fingerprint density at radius 2 is 2.06 bits per heavy atom. The first-order valence-electron chi connectivity index (χ1n) is 5.21. The lowest BCUT2D eigenvalue weighted by molar-refractivity contribution is -0.145. The third kappa shape index (κ3) is 2.66. The monoisotopic (exact) mass is 223 g/mol. The first-order chi connectivity index (χ1) is 7.45. The summed E-state index contributed by atoms with van der Waals surface area (Å²) < 4.78 is 5.41. The highest BCUT2D eigenvalue weighted by molar-refractivity contribution is 5.72. The molecule has 0 fully saturated rings. The van der Waals surface area contributed by atoms with Gasteiger partial charge in [0, 0.05) is 11.8 Å². The van der Waals surface area contributed by atoms with Crippen molar-refractivity contribution in [2.45, 2.75) is 33.3 Å². The highest BCUT2D eigenvalue weighted by Gasteiger charge is 2.18. The Hall–Kier alpha value is -1.71. The van der Waals surface area contributed by atoms with Crippen LogP contribution in [0.1, 0.15) is 24.5 Å². The Balaban J connectivity index is 2.96. The fourth-order valence-electron chi connectivity index (χ4n) is 1.44. The number of hydrogen-bond acceptors (Lipinski definition) is 3. The van der Waals surface area contributed by atoms with E-state index >= 15 is 0 Å². The van der Waals surface area contributed by atoms with E-state index in [2.05, 4.69) is 0 Å². The minimum absolute atomic E-state index is 0.419. The molecule has 16 heavy (non-hydrogen) atoms. The Morgan fingerprint density at radius 3 is 2.56 bits per heavy atom. The number of carbonyl (C=O) groups is 1.